The second-order valence-corrected chi connectivity index (χ2v) is 4.60. The second-order valence-electron chi connectivity index (χ2n) is 4.60. The number of halogens is 3. The Balaban J connectivity index is 2.68. The predicted molar refractivity (Wildman–Crippen MR) is 64.8 cm³/mol. The molecule has 0 radical (unpaired) electrons. The molecule has 1 N–H and O–H groups in total. The van der Waals surface area contributed by atoms with E-state index in [4.69, 9.17) is 4.52 Å². The first kappa shape index (κ1) is 15.9. The van der Waals surface area contributed by atoms with Crippen LogP contribution in [0.1, 0.15) is 51.2 Å². The Bertz CT molecular complexity index is 379. The fraction of sp³-hybridized carbons (Fsp3) is 0.833. The number of hydrogen-bond donors (Lipinski definition) is 1. The van der Waals surface area contributed by atoms with Crippen LogP contribution < -0.4 is 5.32 Å². The molecule has 0 saturated carbocycles. The van der Waals surface area contributed by atoms with Crippen molar-refractivity contribution < 1.29 is 17.7 Å². The van der Waals surface area contributed by atoms with Crippen LogP contribution in [0.5, 0.6) is 0 Å². The monoisotopic (exact) mass is 279 g/mol. The molecule has 19 heavy (non-hydrogen) atoms. The normalized spacial score (nSPS) is 15.5. The highest BCUT2D eigenvalue weighted by Crippen LogP contribution is 2.23. The van der Waals surface area contributed by atoms with Crippen molar-refractivity contribution in [3.63, 3.8) is 0 Å². The SMILES string of the molecule is CCCNC(CC)C(C)c1nc(CC(F)(F)F)no1. The summed E-state index contributed by atoms with van der Waals surface area (Å²) in [6.45, 7) is 6.80. The highest BCUT2D eigenvalue weighted by atomic mass is 19.4. The van der Waals surface area contributed by atoms with Gasteiger partial charge in [0, 0.05) is 6.04 Å². The van der Waals surface area contributed by atoms with Gasteiger partial charge in [0.05, 0.1) is 5.92 Å². The van der Waals surface area contributed by atoms with Gasteiger partial charge >= 0.3 is 6.18 Å². The van der Waals surface area contributed by atoms with Crippen LogP contribution >= 0.6 is 0 Å². The van der Waals surface area contributed by atoms with Crippen LogP contribution in [0, 0.1) is 0 Å². The van der Waals surface area contributed by atoms with Crippen LogP contribution in [-0.2, 0) is 6.42 Å². The Kier molecular flexibility index (Phi) is 5.78. The first-order valence-corrected chi connectivity index (χ1v) is 6.50. The maximum Gasteiger partial charge on any atom is 0.396 e. The van der Waals surface area contributed by atoms with Gasteiger partial charge in [0.25, 0.3) is 0 Å². The molecule has 0 aliphatic rings. The summed E-state index contributed by atoms with van der Waals surface area (Å²) in [5.41, 5.74) is 0. The summed E-state index contributed by atoms with van der Waals surface area (Å²) in [4.78, 5) is 3.83. The molecule has 2 atom stereocenters. The smallest absolute Gasteiger partial charge is 0.339 e. The van der Waals surface area contributed by atoms with Crippen LogP contribution in [0.3, 0.4) is 0 Å². The summed E-state index contributed by atoms with van der Waals surface area (Å²) in [7, 11) is 0. The van der Waals surface area contributed by atoms with E-state index in [0.717, 1.165) is 19.4 Å². The number of nitrogens with one attached hydrogen (secondary N) is 1. The molecule has 110 valence electrons. The first-order valence-electron chi connectivity index (χ1n) is 6.50. The lowest BCUT2D eigenvalue weighted by Crippen LogP contribution is -2.33. The molecule has 2 unspecified atom stereocenters. The van der Waals surface area contributed by atoms with Gasteiger partial charge in [-0.05, 0) is 19.4 Å². The minimum absolute atomic E-state index is 0.106. The third-order valence-electron chi connectivity index (χ3n) is 2.93. The number of alkyl halides is 3. The summed E-state index contributed by atoms with van der Waals surface area (Å²) in [5.74, 6) is -0.152. The molecule has 0 amide bonds. The lowest BCUT2D eigenvalue weighted by atomic mass is 9.99. The molecular weight excluding hydrogens is 259 g/mol. The summed E-state index contributed by atoms with van der Waals surface area (Å²) in [5, 5.41) is 6.71. The fourth-order valence-electron chi connectivity index (χ4n) is 1.88. The molecule has 0 bridgehead atoms. The molecule has 1 aromatic heterocycles. The summed E-state index contributed by atoms with van der Waals surface area (Å²) in [6.07, 6.45) is -3.62. The van der Waals surface area contributed by atoms with Crippen LogP contribution in [0.25, 0.3) is 0 Å². The maximum absolute atomic E-state index is 12.2. The molecule has 0 aliphatic heterocycles. The topological polar surface area (TPSA) is 51.0 Å². The second kappa shape index (κ2) is 6.88. The number of nitrogens with zero attached hydrogens (tertiary/aromatic N) is 2. The quantitative estimate of drug-likeness (QED) is 0.833. The van der Waals surface area contributed by atoms with E-state index in [2.05, 4.69) is 22.4 Å². The van der Waals surface area contributed by atoms with Gasteiger partial charge in [-0.2, -0.15) is 18.2 Å². The number of rotatable bonds is 7. The third-order valence-corrected chi connectivity index (χ3v) is 2.93. The van der Waals surface area contributed by atoms with Crippen LogP contribution in [0.2, 0.25) is 0 Å². The minimum atomic E-state index is -4.31. The Morgan fingerprint density at radius 3 is 2.53 bits per heavy atom. The minimum Gasteiger partial charge on any atom is -0.339 e. The van der Waals surface area contributed by atoms with Crippen LogP contribution in [0.4, 0.5) is 13.2 Å². The van der Waals surface area contributed by atoms with Gasteiger partial charge in [0.2, 0.25) is 5.89 Å². The van der Waals surface area contributed by atoms with E-state index < -0.39 is 12.6 Å². The zero-order valence-corrected chi connectivity index (χ0v) is 11.4. The molecule has 1 heterocycles. The van der Waals surface area contributed by atoms with Gasteiger partial charge in [-0.15, -0.1) is 0 Å². The predicted octanol–water partition coefficient (Wildman–Crippen LogP) is 3.06. The standard InChI is InChI=1S/C12H20F3N3O/c1-4-6-16-9(5-2)8(3)11-17-10(18-19-11)7-12(13,14)15/h8-9,16H,4-7H2,1-3H3. The fourth-order valence-corrected chi connectivity index (χ4v) is 1.88. The third kappa shape index (κ3) is 5.18. The average molecular weight is 279 g/mol. The zero-order valence-electron chi connectivity index (χ0n) is 11.4. The molecule has 0 saturated heterocycles. The van der Waals surface area contributed by atoms with E-state index >= 15 is 0 Å². The summed E-state index contributed by atoms with van der Waals surface area (Å²) < 4.78 is 41.6. The van der Waals surface area contributed by atoms with E-state index in [1.807, 2.05) is 13.8 Å². The van der Waals surface area contributed by atoms with Crippen molar-refractivity contribution in [1.29, 1.82) is 0 Å². The first-order chi connectivity index (χ1) is 8.87. The summed E-state index contributed by atoms with van der Waals surface area (Å²) >= 11 is 0. The van der Waals surface area contributed by atoms with E-state index in [1.54, 1.807) is 0 Å². The summed E-state index contributed by atoms with van der Waals surface area (Å²) in [6, 6.07) is 0.124. The van der Waals surface area contributed by atoms with E-state index in [1.165, 1.54) is 0 Å². The van der Waals surface area contributed by atoms with Crippen molar-refractivity contribution in [2.24, 2.45) is 0 Å². The molecule has 0 spiro atoms. The molecule has 1 rings (SSSR count). The van der Waals surface area contributed by atoms with Crippen molar-refractivity contribution >= 4 is 0 Å². The van der Waals surface area contributed by atoms with Gasteiger partial charge < -0.3 is 9.84 Å². The molecule has 1 aromatic rings. The number of hydrogen-bond acceptors (Lipinski definition) is 4. The lowest BCUT2D eigenvalue weighted by molar-refractivity contribution is -0.128. The molecular formula is C12H20F3N3O. The Morgan fingerprint density at radius 2 is 2.00 bits per heavy atom. The van der Waals surface area contributed by atoms with Crippen molar-refractivity contribution in [1.82, 2.24) is 15.5 Å². The van der Waals surface area contributed by atoms with Crippen molar-refractivity contribution in [2.75, 3.05) is 6.54 Å². The number of aromatic nitrogens is 2. The molecule has 0 fully saturated rings. The largest absolute Gasteiger partial charge is 0.396 e. The molecule has 4 nitrogen and oxygen atoms in total. The molecule has 0 aliphatic carbocycles. The Morgan fingerprint density at radius 1 is 1.32 bits per heavy atom. The molecule has 0 aromatic carbocycles. The molecule has 7 heteroatoms. The highest BCUT2D eigenvalue weighted by molar-refractivity contribution is 4.98. The Labute approximate surface area is 110 Å². The zero-order chi connectivity index (χ0) is 14.5. The van der Waals surface area contributed by atoms with Crippen molar-refractivity contribution in [3.05, 3.63) is 11.7 Å². The van der Waals surface area contributed by atoms with E-state index in [9.17, 15) is 13.2 Å². The average Bonchev–Trinajstić information content (AvgIpc) is 2.75. The van der Waals surface area contributed by atoms with Crippen molar-refractivity contribution in [2.45, 2.75) is 58.2 Å². The van der Waals surface area contributed by atoms with Gasteiger partial charge in [-0.25, -0.2) is 0 Å². The van der Waals surface area contributed by atoms with E-state index in [0.29, 0.717) is 0 Å². The highest BCUT2D eigenvalue weighted by Gasteiger charge is 2.31. The van der Waals surface area contributed by atoms with Gasteiger partial charge in [0.15, 0.2) is 5.82 Å². The Hall–Kier alpha value is -1.11. The lowest BCUT2D eigenvalue weighted by Gasteiger charge is -2.20. The van der Waals surface area contributed by atoms with Crippen LogP contribution in [0.15, 0.2) is 4.52 Å². The van der Waals surface area contributed by atoms with Gasteiger partial charge in [-0.1, -0.05) is 25.9 Å². The maximum atomic E-state index is 12.2. The van der Waals surface area contributed by atoms with E-state index in [-0.39, 0.29) is 23.7 Å². The van der Waals surface area contributed by atoms with Crippen LogP contribution in [-0.4, -0.2) is 28.9 Å². The van der Waals surface area contributed by atoms with Gasteiger partial charge in [-0.3, -0.25) is 0 Å². The van der Waals surface area contributed by atoms with Gasteiger partial charge in [0.1, 0.15) is 6.42 Å². The van der Waals surface area contributed by atoms with Crippen molar-refractivity contribution in [3.8, 4) is 0 Å².